The van der Waals surface area contributed by atoms with Gasteiger partial charge in [0.15, 0.2) is 5.60 Å². The summed E-state index contributed by atoms with van der Waals surface area (Å²) < 4.78 is 5.26. The number of hydrogen-bond acceptors (Lipinski definition) is 4. The summed E-state index contributed by atoms with van der Waals surface area (Å²) in [5, 5.41) is 27.2. The van der Waals surface area contributed by atoms with Gasteiger partial charge in [-0.1, -0.05) is 0 Å². The number of ether oxygens (including phenoxy) is 1. The highest BCUT2D eigenvalue weighted by Gasteiger charge is 2.63. The van der Waals surface area contributed by atoms with Gasteiger partial charge in [-0.2, -0.15) is 0 Å². The van der Waals surface area contributed by atoms with Gasteiger partial charge >= 0.3 is 17.9 Å². The second-order valence-electron chi connectivity index (χ2n) is 4.47. The largest absolute Gasteiger partial charge is 0.481 e. The molecular weight excluding hydrogens is 232 g/mol. The van der Waals surface area contributed by atoms with E-state index in [9.17, 15) is 14.4 Å². The number of carboxylic acids is 3. The van der Waals surface area contributed by atoms with Crippen molar-refractivity contribution in [2.24, 2.45) is 11.8 Å². The van der Waals surface area contributed by atoms with Crippen LogP contribution in [0.2, 0.25) is 0 Å². The molecule has 2 aliphatic heterocycles. The van der Waals surface area contributed by atoms with Crippen LogP contribution in [0, 0.1) is 11.8 Å². The first-order valence-corrected chi connectivity index (χ1v) is 5.25. The lowest BCUT2D eigenvalue weighted by atomic mass is 9.75. The van der Waals surface area contributed by atoms with Crippen LogP contribution in [-0.2, 0) is 19.1 Å². The van der Waals surface area contributed by atoms with Crippen LogP contribution in [0.4, 0.5) is 0 Å². The molecule has 4 unspecified atom stereocenters. The molecule has 94 valence electrons. The van der Waals surface area contributed by atoms with E-state index in [4.69, 9.17) is 20.1 Å². The summed E-state index contributed by atoms with van der Waals surface area (Å²) in [6.07, 6.45) is 0.0253. The first-order valence-electron chi connectivity index (χ1n) is 5.25. The maximum absolute atomic E-state index is 11.2. The molecule has 4 atom stereocenters. The third-order valence-electron chi connectivity index (χ3n) is 3.58. The molecule has 2 fully saturated rings. The number of carbonyl (C=O) groups is 3. The van der Waals surface area contributed by atoms with Crippen LogP contribution in [0.5, 0.6) is 0 Å². The molecule has 17 heavy (non-hydrogen) atoms. The Kier molecular flexibility index (Phi) is 2.57. The average molecular weight is 244 g/mol. The van der Waals surface area contributed by atoms with Crippen molar-refractivity contribution in [1.82, 2.24) is 0 Å². The normalized spacial score (nSPS) is 39.9. The highest BCUT2D eigenvalue weighted by Crippen LogP contribution is 2.48. The molecule has 2 saturated heterocycles. The first kappa shape index (κ1) is 11.8. The lowest BCUT2D eigenvalue weighted by Crippen LogP contribution is -2.56. The van der Waals surface area contributed by atoms with Crippen LogP contribution in [0.3, 0.4) is 0 Å². The molecule has 2 heterocycles. The van der Waals surface area contributed by atoms with E-state index in [1.165, 1.54) is 0 Å². The molecule has 0 saturated carbocycles. The third kappa shape index (κ3) is 1.57. The van der Waals surface area contributed by atoms with E-state index < -0.39 is 41.4 Å². The number of aliphatic carboxylic acids is 3. The molecule has 3 N–H and O–H groups in total. The van der Waals surface area contributed by atoms with E-state index >= 15 is 0 Å². The van der Waals surface area contributed by atoms with Crippen molar-refractivity contribution in [2.45, 2.75) is 31.0 Å². The van der Waals surface area contributed by atoms with Crippen molar-refractivity contribution in [1.29, 1.82) is 0 Å². The van der Waals surface area contributed by atoms with Crippen molar-refractivity contribution in [3.05, 3.63) is 0 Å². The van der Waals surface area contributed by atoms with Crippen molar-refractivity contribution in [3.63, 3.8) is 0 Å². The Bertz CT molecular complexity index is 390. The van der Waals surface area contributed by atoms with Gasteiger partial charge in [0, 0.05) is 0 Å². The second kappa shape index (κ2) is 3.69. The Morgan fingerprint density at radius 3 is 2.24 bits per heavy atom. The highest BCUT2D eigenvalue weighted by molar-refractivity contribution is 5.90. The third-order valence-corrected chi connectivity index (χ3v) is 3.58. The van der Waals surface area contributed by atoms with Crippen molar-refractivity contribution < 1.29 is 34.4 Å². The van der Waals surface area contributed by atoms with Gasteiger partial charge < -0.3 is 20.1 Å². The van der Waals surface area contributed by atoms with Gasteiger partial charge in [-0.25, -0.2) is 4.79 Å². The molecular formula is C10H12O7. The average Bonchev–Trinajstić information content (AvgIpc) is 2.56. The van der Waals surface area contributed by atoms with Crippen LogP contribution in [0.15, 0.2) is 0 Å². The standard InChI is InChI=1S/C10H12O7/c11-7(12)5-3-4-1-2-10(17-4,9(15)16)6(5)8(13)14/h4-6H,1-3H2,(H,11,12)(H,13,14)(H,15,16). The van der Waals surface area contributed by atoms with Crippen LogP contribution in [0.1, 0.15) is 19.3 Å². The van der Waals surface area contributed by atoms with Crippen molar-refractivity contribution >= 4 is 17.9 Å². The summed E-state index contributed by atoms with van der Waals surface area (Å²) >= 11 is 0. The summed E-state index contributed by atoms with van der Waals surface area (Å²) in [7, 11) is 0. The van der Waals surface area contributed by atoms with Crippen LogP contribution >= 0.6 is 0 Å². The number of hydrogen-bond donors (Lipinski definition) is 3. The maximum atomic E-state index is 11.2. The van der Waals surface area contributed by atoms with E-state index in [1.807, 2.05) is 0 Å². The minimum atomic E-state index is -1.88. The smallest absolute Gasteiger partial charge is 0.336 e. The quantitative estimate of drug-likeness (QED) is 0.628. The molecule has 0 aromatic heterocycles. The van der Waals surface area contributed by atoms with Crippen LogP contribution in [-0.4, -0.2) is 44.9 Å². The Balaban J connectivity index is 2.45. The fraction of sp³-hybridized carbons (Fsp3) is 0.700. The fourth-order valence-electron chi connectivity index (χ4n) is 2.84. The fourth-order valence-corrected chi connectivity index (χ4v) is 2.84. The molecule has 0 spiro atoms. The molecule has 2 bridgehead atoms. The lowest BCUT2D eigenvalue weighted by molar-refractivity contribution is -0.201. The summed E-state index contributed by atoms with van der Waals surface area (Å²) in [5.41, 5.74) is -1.88. The van der Waals surface area contributed by atoms with E-state index in [0.29, 0.717) is 6.42 Å². The summed E-state index contributed by atoms with van der Waals surface area (Å²) in [6.45, 7) is 0. The molecule has 2 aliphatic rings. The zero-order chi connectivity index (χ0) is 12.8. The SMILES string of the molecule is O=C(O)C1CC2CCC(C(=O)O)(O2)C1C(=O)O. The van der Waals surface area contributed by atoms with E-state index in [0.717, 1.165) is 0 Å². The van der Waals surface area contributed by atoms with Gasteiger partial charge in [-0.15, -0.1) is 0 Å². The Morgan fingerprint density at radius 2 is 1.76 bits per heavy atom. The second-order valence-corrected chi connectivity index (χ2v) is 4.47. The van der Waals surface area contributed by atoms with Gasteiger partial charge in [0.25, 0.3) is 0 Å². The summed E-state index contributed by atoms with van der Waals surface area (Å²) in [6, 6.07) is 0. The minimum absolute atomic E-state index is 0.0494. The zero-order valence-electron chi connectivity index (χ0n) is 8.83. The molecule has 0 aromatic carbocycles. The molecule has 0 radical (unpaired) electrons. The predicted octanol–water partition coefficient (Wildman–Crippen LogP) is -0.206. The molecule has 0 aliphatic carbocycles. The molecule has 0 amide bonds. The van der Waals surface area contributed by atoms with Crippen molar-refractivity contribution in [2.75, 3.05) is 0 Å². The first-order chi connectivity index (χ1) is 7.88. The Hall–Kier alpha value is -1.63. The topological polar surface area (TPSA) is 121 Å². The van der Waals surface area contributed by atoms with Gasteiger partial charge in [0.1, 0.15) is 5.92 Å². The van der Waals surface area contributed by atoms with E-state index in [2.05, 4.69) is 0 Å². The molecule has 7 heteroatoms. The summed E-state index contributed by atoms with van der Waals surface area (Å²) in [4.78, 5) is 33.4. The highest BCUT2D eigenvalue weighted by atomic mass is 16.5. The predicted molar refractivity (Wildman–Crippen MR) is 51.3 cm³/mol. The lowest BCUT2D eigenvalue weighted by Gasteiger charge is -2.38. The van der Waals surface area contributed by atoms with Gasteiger partial charge in [-0.3, -0.25) is 9.59 Å². The Morgan fingerprint density at radius 1 is 1.12 bits per heavy atom. The maximum Gasteiger partial charge on any atom is 0.336 e. The van der Waals surface area contributed by atoms with Gasteiger partial charge in [-0.05, 0) is 19.3 Å². The molecule has 0 aromatic rings. The number of rotatable bonds is 3. The zero-order valence-corrected chi connectivity index (χ0v) is 8.83. The number of carboxylic acid groups (broad SMARTS) is 3. The summed E-state index contributed by atoms with van der Waals surface area (Å²) in [5.74, 6) is -6.84. The van der Waals surface area contributed by atoms with Crippen LogP contribution in [0.25, 0.3) is 0 Å². The molecule has 2 rings (SSSR count). The Labute approximate surface area is 96.0 Å². The van der Waals surface area contributed by atoms with E-state index in [-0.39, 0.29) is 12.8 Å². The molecule has 7 nitrogen and oxygen atoms in total. The minimum Gasteiger partial charge on any atom is -0.481 e. The van der Waals surface area contributed by atoms with E-state index in [1.54, 1.807) is 0 Å². The monoisotopic (exact) mass is 244 g/mol. The van der Waals surface area contributed by atoms with Gasteiger partial charge in [0.05, 0.1) is 12.0 Å². The van der Waals surface area contributed by atoms with Crippen molar-refractivity contribution in [3.8, 4) is 0 Å². The van der Waals surface area contributed by atoms with Gasteiger partial charge in [0.2, 0.25) is 0 Å². The van der Waals surface area contributed by atoms with Crippen LogP contribution < -0.4 is 0 Å². The number of fused-ring (bicyclic) bond motifs is 2.